The van der Waals surface area contributed by atoms with Gasteiger partial charge in [-0.3, -0.25) is 15.0 Å². The van der Waals surface area contributed by atoms with Gasteiger partial charge in [-0.25, -0.2) is 14.8 Å². The molecule has 160 valence electrons. The van der Waals surface area contributed by atoms with Gasteiger partial charge in [0.1, 0.15) is 40.8 Å². The first-order chi connectivity index (χ1) is 15.1. The van der Waals surface area contributed by atoms with E-state index >= 15 is 0 Å². The average molecular weight is 423 g/mol. The number of carbonyl (C=O) groups excluding carboxylic acids is 2. The zero-order valence-corrected chi connectivity index (χ0v) is 16.7. The lowest BCUT2D eigenvalue weighted by molar-refractivity contribution is 0.111. The zero-order valence-electron chi connectivity index (χ0n) is 16.7. The van der Waals surface area contributed by atoms with Crippen molar-refractivity contribution in [2.45, 2.75) is 32.0 Å². The number of aliphatic hydroxyl groups excluding tert-OH is 1. The fourth-order valence-corrected chi connectivity index (χ4v) is 3.63. The molecule has 0 aliphatic carbocycles. The third kappa shape index (κ3) is 4.33. The smallest absolute Gasteiger partial charge is 0.328 e. The quantitative estimate of drug-likeness (QED) is 0.695. The molecule has 1 atom stereocenters. The molecule has 2 aliphatic heterocycles. The number of aryl methyl sites for hydroxylation is 1. The molecule has 4 rings (SSSR count). The number of nitrogens with one attached hydrogen (secondary N) is 1. The Bertz CT molecular complexity index is 1050. The highest BCUT2D eigenvalue weighted by Gasteiger charge is 2.26. The number of anilines is 2. The fourth-order valence-electron chi connectivity index (χ4n) is 3.63. The van der Waals surface area contributed by atoms with E-state index in [2.05, 4.69) is 15.3 Å². The summed E-state index contributed by atoms with van der Waals surface area (Å²) < 4.78 is 11.1. The minimum absolute atomic E-state index is 0.104. The second-order valence-electron chi connectivity index (χ2n) is 7.26. The van der Waals surface area contributed by atoms with Crippen LogP contribution in [-0.2, 0) is 17.8 Å². The van der Waals surface area contributed by atoms with Gasteiger partial charge in [-0.05, 0) is 24.5 Å². The first-order valence-electron chi connectivity index (χ1n) is 9.94. The molecule has 2 aromatic heterocycles. The van der Waals surface area contributed by atoms with Gasteiger partial charge >= 0.3 is 6.03 Å². The van der Waals surface area contributed by atoms with Gasteiger partial charge in [0.15, 0.2) is 6.29 Å². The maximum absolute atomic E-state index is 13.0. The van der Waals surface area contributed by atoms with Crippen molar-refractivity contribution in [1.82, 2.24) is 9.97 Å². The Morgan fingerprint density at radius 2 is 2.35 bits per heavy atom. The molecule has 0 saturated carbocycles. The number of rotatable bonds is 5. The number of pyridine rings is 2. The summed E-state index contributed by atoms with van der Waals surface area (Å²) in [5.41, 5.74) is 1.59. The molecule has 1 fully saturated rings. The largest absolute Gasteiger partial charge is 0.486 e. The second-order valence-corrected chi connectivity index (χ2v) is 7.26. The predicted molar refractivity (Wildman–Crippen MR) is 109 cm³/mol. The lowest BCUT2D eigenvalue weighted by Gasteiger charge is -2.29. The van der Waals surface area contributed by atoms with E-state index in [0.717, 1.165) is 12.0 Å². The maximum Gasteiger partial charge on any atom is 0.328 e. The Morgan fingerprint density at radius 3 is 3.06 bits per heavy atom. The van der Waals surface area contributed by atoms with Crippen LogP contribution in [0, 0.1) is 11.3 Å². The van der Waals surface area contributed by atoms with Gasteiger partial charge in [-0.1, -0.05) is 0 Å². The minimum atomic E-state index is -0.464. The number of aldehydes is 1. The van der Waals surface area contributed by atoms with Gasteiger partial charge in [-0.15, -0.1) is 0 Å². The van der Waals surface area contributed by atoms with Gasteiger partial charge in [0.2, 0.25) is 0 Å². The highest BCUT2D eigenvalue weighted by atomic mass is 16.5. The van der Waals surface area contributed by atoms with Crippen molar-refractivity contribution in [3.05, 3.63) is 40.7 Å². The SMILES string of the molecule is N#Cc1cnc(NC(=O)N2CCCc3cc(CO)c(C=O)nc32)cc1O[C@H]1CCOC1. The van der Waals surface area contributed by atoms with Crippen LogP contribution in [0.25, 0.3) is 0 Å². The predicted octanol–water partition coefficient (Wildman–Crippen LogP) is 1.81. The molecule has 4 heterocycles. The molecule has 2 aromatic rings. The number of hydrogen-bond acceptors (Lipinski definition) is 8. The van der Waals surface area contributed by atoms with Crippen LogP contribution in [0.4, 0.5) is 16.4 Å². The number of urea groups is 1. The lowest BCUT2D eigenvalue weighted by atomic mass is 10.0. The molecule has 2 amide bonds. The first-order valence-corrected chi connectivity index (χ1v) is 9.94. The number of aliphatic hydroxyl groups is 1. The molecule has 0 aromatic carbocycles. The first kappa shape index (κ1) is 20.7. The van der Waals surface area contributed by atoms with Crippen LogP contribution in [0.5, 0.6) is 5.75 Å². The highest BCUT2D eigenvalue weighted by Crippen LogP contribution is 2.29. The van der Waals surface area contributed by atoms with Crippen molar-refractivity contribution < 1.29 is 24.2 Å². The van der Waals surface area contributed by atoms with Crippen molar-refractivity contribution >= 4 is 24.0 Å². The normalized spacial score (nSPS) is 17.5. The average Bonchev–Trinajstić information content (AvgIpc) is 3.31. The Hall–Kier alpha value is -3.55. The molecular formula is C21H21N5O5. The van der Waals surface area contributed by atoms with E-state index < -0.39 is 6.03 Å². The molecule has 2 aliphatic rings. The Labute approximate surface area is 178 Å². The standard InChI is InChI=1S/C21H21N5O5/c22-8-15-9-23-19(7-18(15)31-16-3-5-30-12-16)25-21(29)26-4-1-2-13-6-14(10-27)17(11-28)24-20(13)26/h6-7,9,11,16,27H,1-5,10,12H2,(H,23,25,29)/t16-/m0/s1. The van der Waals surface area contributed by atoms with Crippen LogP contribution < -0.4 is 15.0 Å². The second kappa shape index (κ2) is 9.07. The lowest BCUT2D eigenvalue weighted by Crippen LogP contribution is -2.39. The molecule has 10 nitrogen and oxygen atoms in total. The van der Waals surface area contributed by atoms with Crippen LogP contribution in [0.2, 0.25) is 0 Å². The number of nitrogens with zero attached hydrogens (tertiary/aromatic N) is 4. The third-order valence-electron chi connectivity index (χ3n) is 5.20. The van der Waals surface area contributed by atoms with Gasteiger partial charge in [0.25, 0.3) is 0 Å². The summed E-state index contributed by atoms with van der Waals surface area (Å²) in [6, 6.07) is 4.79. The van der Waals surface area contributed by atoms with Crippen LogP contribution in [-0.4, -0.2) is 53.3 Å². The van der Waals surface area contributed by atoms with E-state index in [1.807, 2.05) is 6.07 Å². The van der Waals surface area contributed by atoms with Crippen LogP contribution in [0.3, 0.4) is 0 Å². The summed E-state index contributed by atoms with van der Waals surface area (Å²) in [6.45, 7) is 1.16. The van der Waals surface area contributed by atoms with E-state index in [1.165, 1.54) is 17.2 Å². The zero-order chi connectivity index (χ0) is 21.8. The van der Waals surface area contributed by atoms with Gasteiger partial charge < -0.3 is 14.6 Å². The molecule has 10 heteroatoms. The fraction of sp³-hybridized carbons (Fsp3) is 0.381. The van der Waals surface area contributed by atoms with Gasteiger partial charge in [-0.2, -0.15) is 5.26 Å². The summed E-state index contributed by atoms with van der Waals surface area (Å²) in [4.78, 5) is 34.2. The number of aromatic nitrogens is 2. The van der Waals surface area contributed by atoms with Crippen LogP contribution in [0.1, 0.15) is 40.0 Å². The Morgan fingerprint density at radius 1 is 1.48 bits per heavy atom. The number of amides is 2. The van der Waals surface area contributed by atoms with Crippen LogP contribution in [0.15, 0.2) is 18.3 Å². The van der Waals surface area contributed by atoms with Crippen LogP contribution >= 0.6 is 0 Å². The number of ether oxygens (including phenoxy) is 2. The van der Waals surface area contributed by atoms with Crippen molar-refractivity contribution in [1.29, 1.82) is 5.26 Å². The van der Waals surface area contributed by atoms with Crippen molar-refractivity contribution in [2.24, 2.45) is 0 Å². The molecule has 0 unspecified atom stereocenters. The van der Waals surface area contributed by atoms with Crippen molar-refractivity contribution in [2.75, 3.05) is 30.0 Å². The Kier molecular flexibility index (Phi) is 6.06. The summed E-state index contributed by atoms with van der Waals surface area (Å²) in [7, 11) is 0. The molecule has 0 spiro atoms. The monoisotopic (exact) mass is 423 g/mol. The highest BCUT2D eigenvalue weighted by molar-refractivity contribution is 6.01. The third-order valence-corrected chi connectivity index (χ3v) is 5.20. The summed E-state index contributed by atoms with van der Waals surface area (Å²) in [5, 5.41) is 21.5. The van der Waals surface area contributed by atoms with E-state index in [1.54, 1.807) is 6.07 Å². The number of hydrogen-bond donors (Lipinski definition) is 2. The van der Waals surface area contributed by atoms with Crippen molar-refractivity contribution in [3.8, 4) is 11.8 Å². The number of fused-ring (bicyclic) bond motifs is 1. The van der Waals surface area contributed by atoms with Gasteiger partial charge in [0.05, 0.1) is 26.0 Å². The molecular weight excluding hydrogens is 402 g/mol. The van der Waals surface area contributed by atoms with E-state index in [0.29, 0.717) is 56.0 Å². The van der Waals surface area contributed by atoms with E-state index in [4.69, 9.17) is 9.47 Å². The topological polar surface area (TPSA) is 138 Å². The summed E-state index contributed by atoms with van der Waals surface area (Å²) in [6.07, 6.45) is 3.88. The number of carbonyl (C=O) groups is 2. The Balaban J connectivity index is 1.56. The molecule has 0 bridgehead atoms. The van der Waals surface area contributed by atoms with E-state index in [-0.39, 0.29) is 29.8 Å². The summed E-state index contributed by atoms with van der Waals surface area (Å²) >= 11 is 0. The maximum atomic E-state index is 13.0. The number of nitriles is 1. The molecule has 0 radical (unpaired) electrons. The molecule has 1 saturated heterocycles. The van der Waals surface area contributed by atoms with Crippen molar-refractivity contribution in [3.63, 3.8) is 0 Å². The minimum Gasteiger partial charge on any atom is -0.486 e. The molecule has 2 N–H and O–H groups in total. The summed E-state index contributed by atoms with van der Waals surface area (Å²) in [5.74, 6) is 0.945. The van der Waals surface area contributed by atoms with Gasteiger partial charge in [0, 0.05) is 24.6 Å². The molecule has 31 heavy (non-hydrogen) atoms. The van der Waals surface area contributed by atoms with E-state index in [9.17, 15) is 20.0 Å².